The maximum atomic E-state index is 12.8. The first-order valence-electron chi connectivity index (χ1n) is 7.61. The van der Waals surface area contributed by atoms with E-state index in [-0.39, 0.29) is 12.0 Å². The van der Waals surface area contributed by atoms with Gasteiger partial charge in [-0.3, -0.25) is 9.59 Å². The van der Waals surface area contributed by atoms with E-state index in [2.05, 4.69) is 5.32 Å². The molecule has 1 atom stereocenters. The van der Waals surface area contributed by atoms with Crippen molar-refractivity contribution < 1.29 is 23.5 Å². The van der Waals surface area contributed by atoms with Crippen molar-refractivity contribution in [3.8, 4) is 0 Å². The number of hydrogen-bond donors (Lipinski definition) is 2. The van der Waals surface area contributed by atoms with Crippen molar-refractivity contribution in [2.75, 3.05) is 6.61 Å². The molecule has 8 heteroatoms. The monoisotopic (exact) mass is 378 g/mol. The summed E-state index contributed by atoms with van der Waals surface area (Å²) in [6, 6.07) is 9.85. The molecule has 0 heterocycles. The molecule has 2 amide bonds. The highest BCUT2D eigenvalue weighted by Crippen LogP contribution is 2.20. The van der Waals surface area contributed by atoms with Crippen LogP contribution in [0.1, 0.15) is 28.4 Å². The van der Waals surface area contributed by atoms with Crippen LogP contribution in [0.2, 0.25) is 5.02 Å². The molecule has 0 spiro atoms. The van der Waals surface area contributed by atoms with Crippen molar-refractivity contribution in [1.82, 2.24) is 5.32 Å². The zero-order chi connectivity index (χ0) is 19.1. The topological polar surface area (TPSA) is 98.5 Å². The fraction of sp³-hybridized carbons (Fsp3) is 0.167. The maximum absolute atomic E-state index is 12.8. The minimum Gasteiger partial charge on any atom is -0.457 e. The van der Waals surface area contributed by atoms with Gasteiger partial charge in [0.15, 0.2) is 12.4 Å². The fourth-order valence-corrected chi connectivity index (χ4v) is 2.34. The molecule has 136 valence electrons. The van der Waals surface area contributed by atoms with Crippen molar-refractivity contribution in [2.24, 2.45) is 5.73 Å². The lowest BCUT2D eigenvalue weighted by Gasteiger charge is -2.17. The second-order valence-corrected chi connectivity index (χ2v) is 5.84. The van der Waals surface area contributed by atoms with Crippen LogP contribution in [0, 0.1) is 5.82 Å². The fourth-order valence-electron chi connectivity index (χ4n) is 2.21. The Morgan fingerprint density at radius 2 is 1.69 bits per heavy atom. The van der Waals surface area contributed by atoms with Gasteiger partial charge in [-0.1, -0.05) is 23.7 Å². The minimum atomic E-state index is -0.805. The number of nitrogens with one attached hydrogen (secondary N) is 1. The Bertz CT molecular complexity index is 794. The summed E-state index contributed by atoms with van der Waals surface area (Å²) in [4.78, 5) is 35.1. The van der Waals surface area contributed by atoms with E-state index in [1.54, 1.807) is 24.3 Å². The Kier molecular flexibility index (Phi) is 6.68. The summed E-state index contributed by atoms with van der Waals surface area (Å²) in [6.07, 6.45) is -0.221. The van der Waals surface area contributed by atoms with Gasteiger partial charge in [0.25, 0.3) is 0 Å². The lowest BCUT2D eigenvalue weighted by atomic mass is 10.0. The molecule has 2 aromatic carbocycles. The lowest BCUT2D eigenvalue weighted by Crippen LogP contribution is -2.34. The highest BCUT2D eigenvalue weighted by atomic mass is 35.5. The quantitative estimate of drug-likeness (QED) is 0.571. The van der Waals surface area contributed by atoms with Crippen LogP contribution < -0.4 is 11.1 Å². The molecular weight excluding hydrogens is 363 g/mol. The summed E-state index contributed by atoms with van der Waals surface area (Å²) < 4.78 is 17.8. The molecule has 2 aromatic rings. The molecule has 6 nitrogen and oxygen atoms in total. The molecule has 0 aromatic heterocycles. The Morgan fingerprint density at radius 3 is 2.27 bits per heavy atom. The van der Waals surface area contributed by atoms with Gasteiger partial charge >= 0.3 is 12.0 Å². The first kappa shape index (κ1) is 19.4. The number of amides is 2. The molecule has 0 aliphatic rings. The van der Waals surface area contributed by atoms with Gasteiger partial charge in [0.2, 0.25) is 0 Å². The average Bonchev–Trinajstić information content (AvgIpc) is 2.60. The molecule has 26 heavy (non-hydrogen) atoms. The van der Waals surface area contributed by atoms with Crippen LogP contribution in [-0.4, -0.2) is 24.4 Å². The van der Waals surface area contributed by atoms with E-state index >= 15 is 0 Å². The number of carbonyl (C=O) groups excluding carboxylic acids is 3. The van der Waals surface area contributed by atoms with Gasteiger partial charge in [-0.2, -0.15) is 0 Å². The number of benzene rings is 2. The summed E-state index contributed by atoms with van der Waals surface area (Å²) in [5.41, 5.74) is 5.97. The van der Waals surface area contributed by atoms with Crippen molar-refractivity contribution in [3.63, 3.8) is 0 Å². The van der Waals surface area contributed by atoms with Gasteiger partial charge in [-0.05, 0) is 42.0 Å². The number of ketones is 1. The number of primary amides is 1. The maximum Gasteiger partial charge on any atom is 0.312 e. The van der Waals surface area contributed by atoms with Gasteiger partial charge in [0.05, 0.1) is 12.5 Å². The Hall–Kier alpha value is -2.93. The summed E-state index contributed by atoms with van der Waals surface area (Å²) in [7, 11) is 0. The normalized spacial score (nSPS) is 11.5. The number of rotatable bonds is 7. The number of esters is 1. The van der Waals surface area contributed by atoms with Crippen LogP contribution in [0.4, 0.5) is 9.18 Å². The van der Waals surface area contributed by atoms with Crippen molar-refractivity contribution in [2.45, 2.75) is 12.5 Å². The highest BCUT2D eigenvalue weighted by Gasteiger charge is 2.19. The Morgan fingerprint density at radius 1 is 1.08 bits per heavy atom. The minimum absolute atomic E-state index is 0.221. The Labute approximate surface area is 154 Å². The van der Waals surface area contributed by atoms with Crippen LogP contribution in [0.25, 0.3) is 0 Å². The van der Waals surface area contributed by atoms with Crippen LogP contribution in [0.5, 0.6) is 0 Å². The van der Waals surface area contributed by atoms with E-state index in [0.29, 0.717) is 10.6 Å². The molecule has 0 aliphatic carbocycles. The van der Waals surface area contributed by atoms with Crippen LogP contribution in [-0.2, 0) is 9.53 Å². The predicted octanol–water partition coefficient (Wildman–Crippen LogP) is 3.00. The summed E-state index contributed by atoms with van der Waals surface area (Å²) >= 11 is 5.82. The summed E-state index contributed by atoms with van der Waals surface area (Å²) in [5.74, 6) is -1.64. The zero-order valence-corrected chi connectivity index (χ0v) is 14.3. The number of nitrogens with two attached hydrogens (primary N) is 1. The zero-order valence-electron chi connectivity index (χ0n) is 13.6. The van der Waals surface area contributed by atoms with Gasteiger partial charge in [0.1, 0.15) is 5.82 Å². The number of urea groups is 1. The van der Waals surface area contributed by atoms with Crippen LogP contribution in [0.3, 0.4) is 0 Å². The SMILES string of the molecule is NC(=O)N[C@@H](CC(=O)OCC(=O)c1ccc(F)cc1)c1ccc(Cl)cc1. The molecule has 3 N–H and O–H groups in total. The molecule has 0 radical (unpaired) electrons. The van der Waals surface area contributed by atoms with E-state index in [1.165, 1.54) is 12.1 Å². The van der Waals surface area contributed by atoms with Crippen LogP contribution in [0.15, 0.2) is 48.5 Å². The predicted molar refractivity (Wildman–Crippen MR) is 93.2 cm³/mol. The third-order valence-electron chi connectivity index (χ3n) is 3.49. The molecule has 0 aliphatic heterocycles. The first-order valence-corrected chi connectivity index (χ1v) is 7.99. The van der Waals surface area contributed by atoms with Gasteiger partial charge in [-0.15, -0.1) is 0 Å². The van der Waals surface area contributed by atoms with Gasteiger partial charge < -0.3 is 15.8 Å². The lowest BCUT2D eigenvalue weighted by molar-refractivity contribution is -0.143. The number of ether oxygens (including phenoxy) is 1. The van der Waals surface area contributed by atoms with Crippen molar-refractivity contribution >= 4 is 29.4 Å². The van der Waals surface area contributed by atoms with E-state index < -0.39 is 36.2 Å². The third-order valence-corrected chi connectivity index (χ3v) is 3.74. The molecule has 0 saturated carbocycles. The number of halogens is 2. The Balaban J connectivity index is 1.96. The van der Waals surface area contributed by atoms with E-state index in [1.807, 2.05) is 0 Å². The second kappa shape index (κ2) is 8.96. The number of carbonyl (C=O) groups is 3. The standard InChI is InChI=1S/C18H16ClFN2O4/c19-13-5-1-11(2-6-13)15(22-18(21)25)9-17(24)26-10-16(23)12-3-7-14(20)8-4-12/h1-8,15H,9-10H2,(H3,21,22,25)/t15-/m0/s1. The first-order chi connectivity index (χ1) is 12.3. The highest BCUT2D eigenvalue weighted by molar-refractivity contribution is 6.30. The number of Topliss-reactive ketones (excluding diaryl/α,β-unsaturated/α-hetero) is 1. The van der Waals surface area contributed by atoms with E-state index in [9.17, 15) is 18.8 Å². The van der Waals surface area contributed by atoms with E-state index in [0.717, 1.165) is 12.1 Å². The van der Waals surface area contributed by atoms with Crippen molar-refractivity contribution in [1.29, 1.82) is 0 Å². The molecule has 0 saturated heterocycles. The largest absolute Gasteiger partial charge is 0.457 e. The molecular formula is C18H16ClFN2O4. The average molecular weight is 379 g/mol. The molecule has 0 bridgehead atoms. The molecule has 0 unspecified atom stereocenters. The second-order valence-electron chi connectivity index (χ2n) is 5.41. The molecule has 2 rings (SSSR count). The van der Waals surface area contributed by atoms with Gasteiger partial charge in [-0.25, -0.2) is 9.18 Å². The molecule has 0 fully saturated rings. The summed E-state index contributed by atoms with van der Waals surface area (Å²) in [6.45, 7) is -0.492. The van der Waals surface area contributed by atoms with Gasteiger partial charge in [0, 0.05) is 10.6 Å². The third kappa shape index (κ3) is 5.86. The van der Waals surface area contributed by atoms with E-state index in [4.69, 9.17) is 22.1 Å². The summed E-state index contributed by atoms with van der Waals surface area (Å²) in [5, 5.41) is 2.94. The van der Waals surface area contributed by atoms with Crippen LogP contribution >= 0.6 is 11.6 Å². The smallest absolute Gasteiger partial charge is 0.312 e. The number of hydrogen-bond acceptors (Lipinski definition) is 4. The van der Waals surface area contributed by atoms with Crippen molar-refractivity contribution in [3.05, 3.63) is 70.5 Å².